The third-order valence-corrected chi connectivity index (χ3v) is 3.70. The average molecular weight is 303 g/mol. The third-order valence-electron chi connectivity index (χ3n) is 2.97. The molecule has 2 aromatic heterocycles. The summed E-state index contributed by atoms with van der Waals surface area (Å²) < 4.78 is 5.32. The predicted molar refractivity (Wildman–Crippen MR) is 88.7 cm³/mol. The molecule has 2 rings (SSSR count). The first kappa shape index (κ1) is 15.4. The Hall–Kier alpha value is -2.01. The molecular weight excluding hydrogens is 282 g/mol. The van der Waals surface area contributed by atoms with Crippen LogP contribution in [0.2, 0.25) is 0 Å². The van der Waals surface area contributed by atoms with E-state index in [0.29, 0.717) is 13.1 Å². The van der Waals surface area contributed by atoms with Gasteiger partial charge in [0.1, 0.15) is 5.76 Å². The number of guanidine groups is 1. The lowest BCUT2D eigenvalue weighted by Crippen LogP contribution is -2.38. The summed E-state index contributed by atoms with van der Waals surface area (Å²) >= 11 is 1.71. The van der Waals surface area contributed by atoms with Gasteiger partial charge in [0.2, 0.25) is 0 Å². The van der Waals surface area contributed by atoms with E-state index in [1.807, 2.05) is 25.3 Å². The molecular formula is C16H21N3OS. The topological polar surface area (TPSA) is 40.8 Å². The lowest BCUT2D eigenvalue weighted by Gasteiger charge is -2.21. The second-order valence-corrected chi connectivity index (χ2v) is 5.47. The number of nitrogens with one attached hydrogen (secondary N) is 1. The normalized spacial score (nSPS) is 11.4. The van der Waals surface area contributed by atoms with E-state index in [1.165, 1.54) is 5.56 Å². The number of rotatable bonds is 7. The summed E-state index contributed by atoms with van der Waals surface area (Å²) in [6, 6.07) is 6.01. The van der Waals surface area contributed by atoms with Gasteiger partial charge in [-0.25, -0.2) is 0 Å². The number of furan rings is 1. The van der Waals surface area contributed by atoms with Gasteiger partial charge in [-0.1, -0.05) is 6.08 Å². The van der Waals surface area contributed by atoms with Gasteiger partial charge in [0.25, 0.3) is 0 Å². The van der Waals surface area contributed by atoms with E-state index < -0.39 is 0 Å². The van der Waals surface area contributed by atoms with Crippen molar-refractivity contribution in [3.8, 4) is 0 Å². The summed E-state index contributed by atoms with van der Waals surface area (Å²) in [4.78, 5) is 6.76. The summed E-state index contributed by atoms with van der Waals surface area (Å²) in [6.07, 6.45) is 4.33. The number of thiophene rings is 1. The van der Waals surface area contributed by atoms with Crippen LogP contribution in [0.1, 0.15) is 11.3 Å². The summed E-state index contributed by atoms with van der Waals surface area (Å²) in [6.45, 7) is 5.98. The SMILES string of the molecule is C=CCNC(=NCCc1ccco1)N(C)Cc1ccsc1. The molecule has 0 saturated carbocycles. The first-order valence-corrected chi connectivity index (χ1v) is 7.87. The highest BCUT2D eigenvalue weighted by Gasteiger charge is 2.07. The second kappa shape index (κ2) is 8.32. The lowest BCUT2D eigenvalue weighted by atomic mass is 10.3. The van der Waals surface area contributed by atoms with Gasteiger partial charge in [0.05, 0.1) is 6.26 Å². The minimum absolute atomic E-state index is 0.695. The Morgan fingerprint density at radius 2 is 2.43 bits per heavy atom. The van der Waals surface area contributed by atoms with E-state index >= 15 is 0 Å². The van der Waals surface area contributed by atoms with Gasteiger partial charge in [-0.2, -0.15) is 11.3 Å². The molecule has 0 saturated heterocycles. The van der Waals surface area contributed by atoms with Crippen LogP contribution < -0.4 is 5.32 Å². The Morgan fingerprint density at radius 1 is 1.52 bits per heavy atom. The molecule has 0 aromatic carbocycles. The fourth-order valence-electron chi connectivity index (χ4n) is 1.93. The van der Waals surface area contributed by atoms with Gasteiger partial charge >= 0.3 is 0 Å². The van der Waals surface area contributed by atoms with Crippen molar-refractivity contribution in [3.63, 3.8) is 0 Å². The van der Waals surface area contributed by atoms with Crippen LogP contribution in [0.4, 0.5) is 0 Å². The molecule has 112 valence electrons. The first-order chi connectivity index (χ1) is 10.3. The first-order valence-electron chi connectivity index (χ1n) is 6.93. The van der Waals surface area contributed by atoms with E-state index in [-0.39, 0.29) is 0 Å². The van der Waals surface area contributed by atoms with Crippen molar-refractivity contribution in [1.82, 2.24) is 10.2 Å². The highest BCUT2D eigenvalue weighted by molar-refractivity contribution is 7.07. The van der Waals surface area contributed by atoms with Crippen molar-refractivity contribution < 1.29 is 4.42 Å². The fourth-order valence-corrected chi connectivity index (χ4v) is 2.59. The highest BCUT2D eigenvalue weighted by Crippen LogP contribution is 2.08. The Bertz CT molecular complexity index is 546. The standard InChI is InChI=1S/C16H21N3OS/c1-3-8-17-16(18-9-6-15-5-4-10-20-15)19(2)12-14-7-11-21-13-14/h3-5,7,10-11,13H,1,6,8-9,12H2,2H3,(H,17,18). The zero-order valence-electron chi connectivity index (χ0n) is 12.3. The van der Waals surface area contributed by atoms with E-state index in [0.717, 1.165) is 24.7 Å². The van der Waals surface area contributed by atoms with E-state index in [1.54, 1.807) is 17.6 Å². The van der Waals surface area contributed by atoms with Gasteiger partial charge < -0.3 is 14.6 Å². The molecule has 0 radical (unpaired) electrons. The van der Waals surface area contributed by atoms with Gasteiger partial charge in [-0.15, -0.1) is 6.58 Å². The van der Waals surface area contributed by atoms with Crippen molar-refractivity contribution in [2.24, 2.45) is 4.99 Å². The van der Waals surface area contributed by atoms with Crippen LogP contribution in [0.15, 0.2) is 57.3 Å². The minimum atomic E-state index is 0.695. The number of aliphatic imine (C=N–C) groups is 1. The molecule has 2 aromatic rings. The molecule has 0 fully saturated rings. The van der Waals surface area contributed by atoms with Crippen LogP contribution in [0.25, 0.3) is 0 Å². The molecule has 0 amide bonds. The maximum atomic E-state index is 5.32. The van der Waals surface area contributed by atoms with Crippen molar-refractivity contribution in [1.29, 1.82) is 0 Å². The van der Waals surface area contributed by atoms with Crippen molar-refractivity contribution in [3.05, 3.63) is 59.2 Å². The van der Waals surface area contributed by atoms with Gasteiger partial charge in [-0.3, -0.25) is 4.99 Å². The molecule has 0 aliphatic rings. The molecule has 4 nitrogen and oxygen atoms in total. The van der Waals surface area contributed by atoms with Crippen LogP contribution >= 0.6 is 11.3 Å². The van der Waals surface area contributed by atoms with Gasteiger partial charge in [0, 0.05) is 33.1 Å². The van der Waals surface area contributed by atoms with Crippen LogP contribution in [0, 0.1) is 0 Å². The van der Waals surface area contributed by atoms with Crippen LogP contribution in [-0.2, 0) is 13.0 Å². The smallest absolute Gasteiger partial charge is 0.194 e. The molecule has 1 N–H and O–H groups in total. The Morgan fingerprint density at radius 3 is 3.10 bits per heavy atom. The highest BCUT2D eigenvalue weighted by atomic mass is 32.1. The van der Waals surface area contributed by atoms with Crippen LogP contribution in [-0.4, -0.2) is 31.0 Å². The number of hydrogen-bond donors (Lipinski definition) is 1. The fraction of sp³-hybridized carbons (Fsp3) is 0.312. The summed E-state index contributed by atoms with van der Waals surface area (Å²) in [5.74, 6) is 1.84. The quantitative estimate of drug-likeness (QED) is 0.485. The molecule has 0 bridgehead atoms. The predicted octanol–water partition coefficient (Wildman–Crippen LogP) is 3.15. The minimum Gasteiger partial charge on any atom is -0.469 e. The average Bonchev–Trinajstić information content (AvgIpc) is 3.15. The molecule has 0 aliphatic carbocycles. The Kier molecular flexibility index (Phi) is 6.09. The lowest BCUT2D eigenvalue weighted by molar-refractivity contribution is 0.476. The van der Waals surface area contributed by atoms with E-state index in [9.17, 15) is 0 Å². The molecule has 0 unspecified atom stereocenters. The van der Waals surface area contributed by atoms with E-state index in [2.05, 4.69) is 38.6 Å². The van der Waals surface area contributed by atoms with Crippen molar-refractivity contribution >= 4 is 17.3 Å². The Balaban J connectivity index is 1.93. The molecule has 2 heterocycles. The molecule has 0 spiro atoms. The number of nitrogens with zero attached hydrogens (tertiary/aromatic N) is 2. The monoisotopic (exact) mass is 303 g/mol. The van der Waals surface area contributed by atoms with Crippen molar-refractivity contribution in [2.45, 2.75) is 13.0 Å². The van der Waals surface area contributed by atoms with Crippen LogP contribution in [0.5, 0.6) is 0 Å². The maximum Gasteiger partial charge on any atom is 0.194 e. The molecule has 5 heteroatoms. The van der Waals surface area contributed by atoms with E-state index in [4.69, 9.17) is 4.42 Å². The second-order valence-electron chi connectivity index (χ2n) is 4.69. The zero-order chi connectivity index (χ0) is 14.9. The van der Waals surface area contributed by atoms with Gasteiger partial charge in [0.15, 0.2) is 5.96 Å². The summed E-state index contributed by atoms with van der Waals surface area (Å²) in [5.41, 5.74) is 1.29. The maximum absolute atomic E-state index is 5.32. The molecule has 21 heavy (non-hydrogen) atoms. The number of hydrogen-bond acceptors (Lipinski definition) is 3. The largest absolute Gasteiger partial charge is 0.469 e. The molecule has 0 aliphatic heterocycles. The Labute approximate surface area is 129 Å². The van der Waals surface area contributed by atoms with Crippen LogP contribution in [0.3, 0.4) is 0 Å². The zero-order valence-corrected chi connectivity index (χ0v) is 13.1. The van der Waals surface area contributed by atoms with Gasteiger partial charge in [-0.05, 0) is 34.5 Å². The molecule has 0 atom stereocenters. The van der Waals surface area contributed by atoms with Crippen molar-refractivity contribution in [2.75, 3.05) is 20.1 Å². The summed E-state index contributed by atoms with van der Waals surface area (Å²) in [7, 11) is 2.04. The summed E-state index contributed by atoms with van der Waals surface area (Å²) in [5, 5.41) is 7.54. The third kappa shape index (κ3) is 5.11.